The minimum atomic E-state index is -0.596. The highest BCUT2D eigenvalue weighted by molar-refractivity contribution is 6.39. The maximum atomic E-state index is 12.3. The van der Waals surface area contributed by atoms with Crippen LogP contribution in [0.2, 0.25) is 0 Å². The minimum absolute atomic E-state index is 0.471. The zero-order valence-electron chi connectivity index (χ0n) is 13.6. The molecular formula is C17H22N2O4. The molecule has 0 unspecified atom stereocenters. The minimum Gasteiger partial charge on any atom is -0.347 e. The summed E-state index contributed by atoms with van der Waals surface area (Å²) < 4.78 is 11.3. The van der Waals surface area contributed by atoms with Gasteiger partial charge in [-0.1, -0.05) is 17.7 Å². The Kier molecular flexibility index (Phi) is 4.37. The average Bonchev–Trinajstić information content (AvgIpc) is 2.98. The highest BCUT2D eigenvalue weighted by atomic mass is 16.7. The summed E-state index contributed by atoms with van der Waals surface area (Å²) in [5.41, 5.74) is 2.73. The van der Waals surface area contributed by atoms with Crippen molar-refractivity contribution < 1.29 is 19.1 Å². The first-order valence-corrected chi connectivity index (χ1v) is 7.95. The van der Waals surface area contributed by atoms with Gasteiger partial charge in [0.15, 0.2) is 5.79 Å². The van der Waals surface area contributed by atoms with E-state index in [1.165, 1.54) is 0 Å². The van der Waals surface area contributed by atoms with Crippen molar-refractivity contribution in [1.82, 2.24) is 4.90 Å². The van der Waals surface area contributed by atoms with Crippen LogP contribution in [0.5, 0.6) is 0 Å². The van der Waals surface area contributed by atoms with Gasteiger partial charge in [-0.25, -0.2) is 0 Å². The molecule has 1 spiro atoms. The van der Waals surface area contributed by atoms with E-state index < -0.39 is 17.6 Å². The van der Waals surface area contributed by atoms with Crippen LogP contribution in [-0.2, 0) is 19.1 Å². The van der Waals surface area contributed by atoms with Gasteiger partial charge in [0, 0.05) is 31.6 Å². The number of ether oxygens (including phenoxy) is 2. The molecule has 1 aromatic carbocycles. The highest BCUT2D eigenvalue weighted by Gasteiger charge is 2.41. The lowest BCUT2D eigenvalue weighted by Gasteiger charge is -2.37. The van der Waals surface area contributed by atoms with Gasteiger partial charge in [-0.2, -0.15) is 0 Å². The van der Waals surface area contributed by atoms with Crippen molar-refractivity contribution in [2.75, 3.05) is 31.6 Å². The van der Waals surface area contributed by atoms with Crippen molar-refractivity contribution in [3.05, 3.63) is 29.3 Å². The van der Waals surface area contributed by atoms with Crippen molar-refractivity contribution >= 4 is 17.5 Å². The van der Waals surface area contributed by atoms with Crippen LogP contribution in [0.15, 0.2) is 18.2 Å². The molecule has 2 heterocycles. The Labute approximate surface area is 135 Å². The summed E-state index contributed by atoms with van der Waals surface area (Å²) in [5.74, 6) is -1.64. The number of benzene rings is 1. The number of carbonyl (C=O) groups is 2. The molecule has 0 radical (unpaired) electrons. The number of amides is 2. The first kappa shape index (κ1) is 16.0. The van der Waals surface area contributed by atoms with E-state index in [9.17, 15) is 9.59 Å². The molecule has 0 bridgehead atoms. The maximum Gasteiger partial charge on any atom is 0.313 e. The SMILES string of the molecule is Cc1ccc(NC(=O)C(=O)N2CCC3(CC2)OCCO3)c(C)c1. The Morgan fingerprint density at radius 2 is 1.78 bits per heavy atom. The Morgan fingerprint density at radius 1 is 1.13 bits per heavy atom. The largest absolute Gasteiger partial charge is 0.347 e. The molecule has 1 aromatic rings. The second kappa shape index (κ2) is 6.29. The standard InChI is InChI=1S/C17H22N2O4/c1-12-3-4-14(13(2)11-12)18-15(20)16(21)19-7-5-17(6-8-19)22-9-10-23-17/h3-4,11H,5-10H2,1-2H3,(H,18,20). The molecule has 0 atom stereocenters. The van der Waals surface area contributed by atoms with Gasteiger partial charge in [0.25, 0.3) is 0 Å². The number of hydrogen-bond donors (Lipinski definition) is 1. The van der Waals surface area contributed by atoms with Crippen LogP contribution < -0.4 is 5.32 Å². The van der Waals surface area contributed by atoms with Crippen LogP contribution in [0, 0.1) is 13.8 Å². The second-order valence-electron chi connectivity index (χ2n) is 6.17. The van der Waals surface area contributed by atoms with Gasteiger partial charge < -0.3 is 19.7 Å². The van der Waals surface area contributed by atoms with E-state index in [2.05, 4.69) is 5.32 Å². The van der Waals surface area contributed by atoms with E-state index in [4.69, 9.17) is 9.47 Å². The Hall–Kier alpha value is -1.92. The first-order chi connectivity index (χ1) is 11.0. The number of nitrogens with zero attached hydrogens (tertiary/aromatic N) is 1. The summed E-state index contributed by atoms with van der Waals surface area (Å²) in [4.78, 5) is 26.1. The summed E-state index contributed by atoms with van der Waals surface area (Å²) in [6.45, 7) is 6.04. The second-order valence-corrected chi connectivity index (χ2v) is 6.17. The number of anilines is 1. The number of likely N-dealkylation sites (tertiary alicyclic amines) is 1. The summed E-state index contributed by atoms with van der Waals surface area (Å²) in [6, 6.07) is 5.70. The summed E-state index contributed by atoms with van der Waals surface area (Å²) in [5, 5.41) is 2.70. The van der Waals surface area contributed by atoms with Gasteiger partial charge in [0.1, 0.15) is 0 Å². The Bertz CT molecular complexity index is 613. The normalized spacial score (nSPS) is 19.8. The fourth-order valence-electron chi connectivity index (χ4n) is 3.11. The van der Waals surface area contributed by atoms with Gasteiger partial charge in [-0.15, -0.1) is 0 Å². The molecule has 0 aromatic heterocycles. The molecule has 2 saturated heterocycles. The topological polar surface area (TPSA) is 67.9 Å². The molecule has 124 valence electrons. The van der Waals surface area contributed by atoms with Crippen LogP contribution >= 0.6 is 0 Å². The number of rotatable bonds is 1. The molecule has 6 heteroatoms. The molecule has 2 amide bonds. The number of nitrogens with one attached hydrogen (secondary N) is 1. The zero-order valence-corrected chi connectivity index (χ0v) is 13.6. The number of hydrogen-bond acceptors (Lipinski definition) is 4. The first-order valence-electron chi connectivity index (χ1n) is 7.95. The van der Waals surface area contributed by atoms with Gasteiger partial charge in [-0.3, -0.25) is 9.59 Å². The lowest BCUT2D eigenvalue weighted by Crippen LogP contribution is -2.50. The van der Waals surface area contributed by atoms with Crippen LogP contribution in [-0.4, -0.2) is 48.8 Å². The molecule has 23 heavy (non-hydrogen) atoms. The molecule has 2 fully saturated rings. The van der Waals surface area contributed by atoms with E-state index in [1.54, 1.807) is 4.90 Å². The third-order valence-electron chi connectivity index (χ3n) is 4.45. The van der Waals surface area contributed by atoms with Crippen molar-refractivity contribution in [2.45, 2.75) is 32.5 Å². The third kappa shape index (κ3) is 3.38. The van der Waals surface area contributed by atoms with E-state index in [1.807, 2.05) is 32.0 Å². The van der Waals surface area contributed by atoms with Crippen LogP contribution in [0.3, 0.4) is 0 Å². The molecule has 2 aliphatic heterocycles. The molecule has 2 aliphatic rings. The third-order valence-corrected chi connectivity index (χ3v) is 4.45. The highest BCUT2D eigenvalue weighted by Crippen LogP contribution is 2.31. The smallest absolute Gasteiger partial charge is 0.313 e. The van der Waals surface area contributed by atoms with Gasteiger partial charge in [0.2, 0.25) is 0 Å². The molecule has 6 nitrogen and oxygen atoms in total. The summed E-state index contributed by atoms with van der Waals surface area (Å²) >= 11 is 0. The number of carbonyl (C=O) groups excluding carboxylic acids is 2. The monoisotopic (exact) mass is 318 g/mol. The average molecular weight is 318 g/mol. The van der Waals surface area contributed by atoms with Gasteiger partial charge in [-0.05, 0) is 25.5 Å². The van der Waals surface area contributed by atoms with Crippen LogP contribution in [0.25, 0.3) is 0 Å². The fraction of sp³-hybridized carbons (Fsp3) is 0.529. The lowest BCUT2D eigenvalue weighted by atomic mass is 10.0. The van der Waals surface area contributed by atoms with E-state index >= 15 is 0 Å². The summed E-state index contributed by atoms with van der Waals surface area (Å²) in [6.07, 6.45) is 1.21. The van der Waals surface area contributed by atoms with E-state index in [0.29, 0.717) is 44.8 Å². The zero-order chi connectivity index (χ0) is 16.4. The Morgan fingerprint density at radius 3 is 2.39 bits per heavy atom. The molecule has 0 aliphatic carbocycles. The van der Waals surface area contributed by atoms with Crippen molar-refractivity contribution in [1.29, 1.82) is 0 Å². The summed E-state index contributed by atoms with van der Waals surface area (Å²) in [7, 11) is 0. The molecule has 1 N–H and O–H groups in total. The van der Waals surface area contributed by atoms with E-state index in [0.717, 1.165) is 11.1 Å². The van der Waals surface area contributed by atoms with Crippen LogP contribution in [0.1, 0.15) is 24.0 Å². The van der Waals surface area contributed by atoms with Gasteiger partial charge >= 0.3 is 11.8 Å². The van der Waals surface area contributed by atoms with Crippen LogP contribution in [0.4, 0.5) is 5.69 Å². The molecule has 3 rings (SSSR count). The molecule has 0 saturated carbocycles. The van der Waals surface area contributed by atoms with Crippen molar-refractivity contribution in [3.8, 4) is 0 Å². The Balaban J connectivity index is 1.58. The van der Waals surface area contributed by atoms with Crippen molar-refractivity contribution in [3.63, 3.8) is 0 Å². The maximum absolute atomic E-state index is 12.3. The quantitative estimate of drug-likeness (QED) is 0.799. The lowest BCUT2D eigenvalue weighted by molar-refractivity contribution is -0.187. The number of aryl methyl sites for hydroxylation is 2. The predicted molar refractivity (Wildman–Crippen MR) is 85.0 cm³/mol. The van der Waals surface area contributed by atoms with Crippen molar-refractivity contribution in [2.24, 2.45) is 0 Å². The number of piperidine rings is 1. The van der Waals surface area contributed by atoms with E-state index in [-0.39, 0.29) is 0 Å². The fourth-order valence-corrected chi connectivity index (χ4v) is 3.11. The predicted octanol–water partition coefficient (Wildman–Crippen LogP) is 1.61. The van der Waals surface area contributed by atoms with Gasteiger partial charge in [0.05, 0.1) is 13.2 Å². The molecular weight excluding hydrogens is 296 g/mol.